The molecule has 30 heavy (non-hydrogen) atoms. The number of amides is 1. The summed E-state index contributed by atoms with van der Waals surface area (Å²) >= 11 is 0. The number of ether oxygens (including phenoxy) is 1. The van der Waals surface area contributed by atoms with Crippen LogP contribution in [-0.2, 0) is 17.9 Å². The zero-order valence-corrected chi connectivity index (χ0v) is 17.0. The number of nitrogens with two attached hydrogens (primary N) is 1. The summed E-state index contributed by atoms with van der Waals surface area (Å²) < 4.78 is 10.4. The highest BCUT2D eigenvalue weighted by atomic mass is 16.5. The van der Waals surface area contributed by atoms with E-state index in [1.165, 1.54) is 10.9 Å². The van der Waals surface area contributed by atoms with E-state index in [4.69, 9.17) is 10.5 Å². The fraction of sp³-hybridized carbons (Fsp3) is 0.250. The van der Waals surface area contributed by atoms with E-state index in [0.717, 1.165) is 18.5 Å². The normalized spacial score (nSPS) is 13.4. The van der Waals surface area contributed by atoms with Gasteiger partial charge >= 0.3 is 0 Å². The highest BCUT2D eigenvalue weighted by molar-refractivity contribution is 5.90. The zero-order chi connectivity index (χ0) is 20.9. The predicted octanol–water partition coefficient (Wildman–Crippen LogP) is 4.17. The molecule has 0 fully saturated rings. The first-order valence-electron chi connectivity index (χ1n) is 10.1. The summed E-state index contributed by atoms with van der Waals surface area (Å²) in [4.78, 5) is 15.7. The minimum absolute atomic E-state index is 0.00970. The minimum Gasteiger partial charge on any atom is -0.372 e. The molecule has 0 spiro atoms. The number of aryl methyl sites for hydroxylation is 1. The Balaban J connectivity index is 1.52. The van der Waals surface area contributed by atoms with Gasteiger partial charge in [0.25, 0.3) is 5.91 Å². The lowest BCUT2D eigenvalue weighted by Crippen LogP contribution is -2.25. The van der Waals surface area contributed by atoms with Crippen molar-refractivity contribution >= 4 is 16.8 Å². The van der Waals surface area contributed by atoms with Crippen molar-refractivity contribution in [1.82, 2.24) is 14.1 Å². The molecule has 2 atom stereocenters. The summed E-state index contributed by atoms with van der Waals surface area (Å²) in [5.74, 6) is -0.526. The largest absolute Gasteiger partial charge is 0.372 e. The van der Waals surface area contributed by atoms with Crippen molar-refractivity contribution in [1.29, 1.82) is 0 Å². The Hall–Kier alpha value is -3.38. The molecule has 4 rings (SSSR count). The topological polar surface area (TPSA) is 75.1 Å². The van der Waals surface area contributed by atoms with Gasteiger partial charge in [-0.2, -0.15) is 0 Å². The molecule has 6 heteroatoms. The molecule has 154 valence electrons. The van der Waals surface area contributed by atoms with Crippen LogP contribution in [0.25, 0.3) is 10.9 Å². The molecule has 2 N–H and O–H groups in total. The number of hydrogen-bond acceptors (Lipinski definition) is 3. The van der Waals surface area contributed by atoms with E-state index in [1.807, 2.05) is 28.8 Å². The number of rotatable bonds is 9. The number of carbonyl (C=O) groups excluding carboxylic acids is 1. The number of carbonyl (C=O) groups is 1. The highest BCUT2D eigenvalue weighted by Crippen LogP contribution is 2.24. The van der Waals surface area contributed by atoms with Gasteiger partial charge in [0.1, 0.15) is 5.69 Å². The van der Waals surface area contributed by atoms with Gasteiger partial charge in [0.05, 0.1) is 25.1 Å². The summed E-state index contributed by atoms with van der Waals surface area (Å²) in [5.41, 5.74) is 8.00. The minimum atomic E-state index is -0.526. The molecule has 2 aromatic carbocycles. The summed E-state index contributed by atoms with van der Waals surface area (Å²) in [5, 5.41) is 1.22. The maximum Gasteiger partial charge on any atom is 0.268 e. The van der Waals surface area contributed by atoms with Crippen molar-refractivity contribution in [3.05, 3.63) is 90.6 Å². The molecule has 0 saturated heterocycles. The van der Waals surface area contributed by atoms with Crippen LogP contribution >= 0.6 is 0 Å². The average molecular weight is 402 g/mol. The van der Waals surface area contributed by atoms with Crippen LogP contribution in [0.1, 0.15) is 35.4 Å². The third-order valence-electron chi connectivity index (χ3n) is 5.48. The molecule has 0 saturated carbocycles. The SMILES string of the molecule is C[C@H](OCc1ccccc1)[C@@H](CCn1ccc2ccccc21)n1cnc(C(N)=O)c1. The first-order chi connectivity index (χ1) is 14.6. The van der Waals surface area contributed by atoms with Gasteiger partial charge in [-0.25, -0.2) is 4.98 Å². The Morgan fingerprint density at radius 3 is 2.63 bits per heavy atom. The number of para-hydroxylation sites is 1. The average Bonchev–Trinajstić information content (AvgIpc) is 3.41. The number of primary amides is 1. The molecule has 0 bridgehead atoms. The van der Waals surface area contributed by atoms with Crippen molar-refractivity contribution in [2.24, 2.45) is 5.73 Å². The number of imidazole rings is 1. The Morgan fingerprint density at radius 2 is 1.87 bits per heavy atom. The van der Waals surface area contributed by atoms with Gasteiger partial charge in [0.2, 0.25) is 0 Å². The second kappa shape index (κ2) is 8.97. The Morgan fingerprint density at radius 1 is 1.10 bits per heavy atom. The fourth-order valence-electron chi connectivity index (χ4n) is 3.79. The monoisotopic (exact) mass is 402 g/mol. The van der Waals surface area contributed by atoms with Gasteiger partial charge in [-0.15, -0.1) is 0 Å². The molecule has 4 aromatic rings. The maximum atomic E-state index is 11.5. The van der Waals surface area contributed by atoms with Gasteiger partial charge in [-0.3, -0.25) is 4.79 Å². The van der Waals surface area contributed by atoms with Gasteiger partial charge < -0.3 is 19.6 Å². The summed E-state index contributed by atoms with van der Waals surface area (Å²) in [6, 6.07) is 20.6. The van der Waals surface area contributed by atoms with E-state index in [-0.39, 0.29) is 17.8 Å². The molecule has 0 radical (unpaired) electrons. The van der Waals surface area contributed by atoms with Crippen LogP contribution in [0.15, 0.2) is 79.4 Å². The first-order valence-corrected chi connectivity index (χ1v) is 10.1. The molecule has 6 nitrogen and oxygen atoms in total. The molecular weight excluding hydrogens is 376 g/mol. The quantitative estimate of drug-likeness (QED) is 0.456. The van der Waals surface area contributed by atoms with Crippen LogP contribution in [0.3, 0.4) is 0 Å². The second-order valence-corrected chi connectivity index (χ2v) is 7.50. The predicted molar refractivity (Wildman–Crippen MR) is 117 cm³/mol. The van der Waals surface area contributed by atoms with E-state index < -0.39 is 5.91 Å². The molecule has 0 unspecified atom stereocenters. The Labute approximate surface area is 175 Å². The highest BCUT2D eigenvalue weighted by Gasteiger charge is 2.21. The maximum absolute atomic E-state index is 11.5. The van der Waals surface area contributed by atoms with Crippen LogP contribution in [0.5, 0.6) is 0 Å². The summed E-state index contributed by atoms with van der Waals surface area (Å²) in [6.45, 7) is 3.41. The summed E-state index contributed by atoms with van der Waals surface area (Å²) in [6.07, 6.45) is 6.23. The van der Waals surface area contributed by atoms with E-state index in [9.17, 15) is 4.79 Å². The Bertz CT molecular complexity index is 1120. The molecule has 2 heterocycles. The Kier molecular flexibility index (Phi) is 5.95. The molecule has 0 aliphatic carbocycles. The van der Waals surface area contributed by atoms with Crippen molar-refractivity contribution in [3.63, 3.8) is 0 Å². The van der Waals surface area contributed by atoms with E-state index in [0.29, 0.717) is 6.61 Å². The van der Waals surface area contributed by atoms with Crippen molar-refractivity contribution in [3.8, 4) is 0 Å². The molecule has 1 amide bonds. The molecule has 2 aromatic heterocycles. The third-order valence-corrected chi connectivity index (χ3v) is 5.48. The van der Waals surface area contributed by atoms with Crippen LogP contribution < -0.4 is 5.73 Å². The van der Waals surface area contributed by atoms with Crippen LogP contribution in [-0.4, -0.2) is 26.1 Å². The number of hydrogen-bond donors (Lipinski definition) is 1. The lowest BCUT2D eigenvalue weighted by atomic mass is 10.1. The van der Waals surface area contributed by atoms with Crippen molar-refractivity contribution < 1.29 is 9.53 Å². The summed E-state index contributed by atoms with van der Waals surface area (Å²) in [7, 11) is 0. The lowest BCUT2D eigenvalue weighted by Gasteiger charge is -2.26. The van der Waals surface area contributed by atoms with E-state index >= 15 is 0 Å². The number of aromatic nitrogens is 3. The fourth-order valence-corrected chi connectivity index (χ4v) is 3.79. The van der Waals surface area contributed by atoms with E-state index in [2.05, 4.69) is 59.1 Å². The van der Waals surface area contributed by atoms with Gasteiger partial charge in [-0.1, -0.05) is 48.5 Å². The standard InChI is InChI=1S/C24H26N4O2/c1-18(30-16-19-7-3-2-4-8-19)22(28-15-21(24(25)29)26-17-28)12-14-27-13-11-20-9-5-6-10-23(20)27/h2-11,13,15,17-18,22H,12,14,16H2,1H3,(H2,25,29)/t18-,22+/m0/s1. The van der Waals surface area contributed by atoms with Crippen LogP contribution in [0.4, 0.5) is 0 Å². The molecule has 0 aliphatic rings. The van der Waals surface area contributed by atoms with Gasteiger partial charge in [-0.05, 0) is 36.4 Å². The van der Waals surface area contributed by atoms with Crippen LogP contribution in [0.2, 0.25) is 0 Å². The smallest absolute Gasteiger partial charge is 0.268 e. The number of benzene rings is 2. The van der Waals surface area contributed by atoms with E-state index in [1.54, 1.807) is 12.5 Å². The van der Waals surface area contributed by atoms with Gasteiger partial charge in [0.15, 0.2) is 0 Å². The zero-order valence-electron chi connectivity index (χ0n) is 17.0. The third kappa shape index (κ3) is 4.44. The number of fused-ring (bicyclic) bond motifs is 1. The van der Waals surface area contributed by atoms with Crippen molar-refractivity contribution in [2.75, 3.05) is 0 Å². The van der Waals surface area contributed by atoms with Crippen molar-refractivity contribution in [2.45, 2.75) is 38.6 Å². The second-order valence-electron chi connectivity index (χ2n) is 7.50. The molecule has 0 aliphatic heterocycles. The molecular formula is C24H26N4O2. The van der Waals surface area contributed by atoms with Crippen LogP contribution in [0, 0.1) is 0 Å². The number of nitrogens with zero attached hydrogens (tertiary/aromatic N) is 3. The van der Waals surface area contributed by atoms with Gasteiger partial charge in [0, 0.05) is 24.5 Å². The first kappa shape index (κ1) is 19.9. The lowest BCUT2D eigenvalue weighted by molar-refractivity contribution is 0.0137.